The van der Waals surface area contributed by atoms with Crippen LogP contribution in [-0.2, 0) is 4.79 Å². The van der Waals surface area contributed by atoms with Crippen molar-refractivity contribution in [3.8, 4) is 0 Å². The number of nitro groups is 1. The van der Waals surface area contributed by atoms with Crippen molar-refractivity contribution in [2.24, 2.45) is 0 Å². The molecule has 21 heavy (non-hydrogen) atoms. The summed E-state index contributed by atoms with van der Waals surface area (Å²) in [6.45, 7) is -0.552. The molecule has 8 nitrogen and oxygen atoms in total. The maximum Gasteiger partial charge on any atom is 0.326 e. The molecule has 0 saturated carbocycles. The van der Waals surface area contributed by atoms with Crippen LogP contribution >= 0.6 is 0 Å². The van der Waals surface area contributed by atoms with Crippen LogP contribution in [0.5, 0.6) is 0 Å². The van der Waals surface area contributed by atoms with Crippen LogP contribution in [0.25, 0.3) is 0 Å². The molecule has 10 heteroatoms. The molecule has 0 aliphatic carbocycles. The van der Waals surface area contributed by atoms with Crippen LogP contribution in [0.3, 0.4) is 0 Å². The van der Waals surface area contributed by atoms with Gasteiger partial charge in [-0.1, -0.05) is 0 Å². The number of nitro benzene ring substituents is 1. The topological polar surface area (TPSA) is 130 Å². The van der Waals surface area contributed by atoms with Crippen LogP contribution in [0.1, 0.15) is 16.8 Å². The molecule has 114 valence electrons. The summed E-state index contributed by atoms with van der Waals surface area (Å²) in [5.41, 5.74) is -1.98. The number of nitrogens with one attached hydrogen (secondary N) is 1. The molecule has 0 heterocycles. The largest absolute Gasteiger partial charge is 0.480 e. The van der Waals surface area contributed by atoms with E-state index in [1.54, 1.807) is 0 Å². The van der Waals surface area contributed by atoms with Gasteiger partial charge in [0, 0.05) is 25.2 Å². The van der Waals surface area contributed by atoms with E-state index >= 15 is 0 Å². The van der Waals surface area contributed by atoms with Gasteiger partial charge in [0.15, 0.2) is 0 Å². The van der Waals surface area contributed by atoms with Crippen LogP contribution < -0.4 is 5.32 Å². The van der Waals surface area contributed by atoms with Gasteiger partial charge in [-0.3, -0.25) is 14.9 Å². The van der Waals surface area contributed by atoms with Crippen molar-refractivity contribution in [2.45, 2.75) is 12.5 Å². The van der Waals surface area contributed by atoms with Gasteiger partial charge in [-0.05, 0) is 0 Å². The van der Waals surface area contributed by atoms with E-state index in [9.17, 15) is 28.5 Å². The highest BCUT2D eigenvalue weighted by Gasteiger charge is 2.25. The molecule has 0 aromatic heterocycles. The number of benzene rings is 1. The smallest absolute Gasteiger partial charge is 0.326 e. The molecule has 1 amide bonds. The predicted octanol–water partition coefficient (Wildman–Crippen LogP) is 0.438. The highest BCUT2D eigenvalue weighted by atomic mass is 19.1. The summed E-state index contributed by atoms with van der Waals surface area (Å²) >= 11 is 0. The first-order valence-corrected chi connectivity index (χ1v) is 5.56. The van der Waals surface area contributed by atoms with Crippen LogP contribution in [0.15, 0.2) is 12.1 Å². The van der Waals surface area contributed by atoms with Gasteiger partial charge >= 0.3 is 11.7 Å². The summed E-state index contributed by atoms with van der Waals surface area (Å²) in [6, 6.07) is -0.974. The maximum atomic E-state index is 13.5. The van der Waals surface area contributed by atoms with Gasteiger partial charge in [0.05, 0.1) is 10.5 Å². The number of aliphatic carboxylic acids is 1. The Morgan fingerprint density at radius 1 is 1.33 bits per heavy atom. The van der Waals surface area contributed by atoms with E-state index in [0.717, 1.165) is 0 Å². The van der Waals surface area contributed by atoms with E-state index in [2.05, 4.69) is 0 Å². The number of amides is 1. The molecule has 1 aromatic carbocycles. The third-order valence-corrected chi connectivity index (χ3v) is 2.50. The Bertz CT molecular complexity index is 592. The van der Waals surface area contributed by atoms with E-state index in [-0.39, 0.29) is 12.5 Å². The Morgan fingerprint density at radius 3 is 2.43 bits per heavy atom. The summed E-state index contributed by atoms with van der Waals surface area (Å²) in [5, 5.41) is 29.8. The van der Waals surface area contributed by atoms with Gasteiger partial charge in [-0.2, -0.15) is 4.39 Å². The van der Waals surface area contributed by atoms with Gasteiger partial charge in [0.1, 0.15) is 11.9 Å². The SMILES string of the molecule is O=C(N[C@H](CCO)C(=O)O)c1cc([N+](=O)[O-])c(F)cc1F. The number of rotatable bonds is 6. The highest BCUT2D eigenvalue weighted by Crippen LogP contribution is 2.21. The normalized spacial score (nSPS) is 11.8. The molecule has 0 spiro atoms. The lowest BCUT2D eigenvalue weighted by atomic mass is 10.1. The number of aliphatic hydroxyl groups excluding tert-OH is 1. The Balaban J connectivity index is 3.09. The summed E-state index contributed by atoms with van der Waals surface area (Å²) in [4.78, 5) is 31.9. The third kappa shape index (κ3) is 3.92. The van der Waals surface area contributed by atoms with Crippen LogP contribution in [0.2, 0.25) is 0 Å². The average Bonchev–Trinajstić information content (AvgIpc) is 2.37. The summed E-state index contributed by atoms with van der Waals surface area (Å²) in [7, 11) is 0. The zero-order valence-electron chi connectivity index (χ0n) is 10.4. The van der Waals surface area contributed by atoms with Gasteiger partial charge in [0.2, 0.25) is 5.82 Å². The highest BCUT2D eigenvalue weighted by molar-refractivity contribution is 5.97. The molecule has 1 atom stereocenters. The zero-order valence-corrected chi connectivity index (χ0v) is 10.4. The van der Waals surface area contributed by atoms with Crippen molar-refractivity contribution >= 4 is 17.6 Å². The van der Waals surface area contributed by atoms with Gasteiger partial charge in [0.25, 0.3) is 5.91 Å². The zero-order chi connectivity index (χ0) is 16.2. The van der Waals surface area contributed by atoms with Crippen molar-refractivity contribution < 1.29 is 33.5 Å². The van der Waals surface area contributed by atoms with E-state index in [1.807, 2.05) is 5.32 Å². The van der Waals surface area contributed by atoms with Crippen LogP contribution in [0.4, 0.5) is 14.5 Å². The van der Waals surface area contributed by atoms with Crippen molar-refractivity contribution in [1.82, 2.24) is 5.32 Å². The van der Waals surface area contributed by atoms with Gasteiger partial charge < -0.3 is 15.5 Å². The van der Waals surface area contributed by atoms with Crippen LogP contribution in [-0.4, -0.2) is 39.7 Å². The Labute approximate surface area is 116 Å². The van der Waals surface area contributed by atoms with Crippen molar-refractivity contribution in [2.75, 3.05) is 6.61 Å². The number of hydrogen-bond acceptors (Lipinski definition) is 5. The summed E-state index contributed by atoms with van der Waals surface area (Å²) in [5.74, 6) is -5.58. The number of hydrogen-bond donors (Lipinski definition) is 3. The molecule has 0 fully saturated rings. The lowest BCUT2D eigenvalue weighted by Crippen LogP contribution is -2.41. The number of aliphatic hydroxyl groups is 1. The second-order valence-electron chi connectivity index (χ2n) is 3.92. The fraction of sp³-hybridized carbons (Fsp3) is 0.273. The number of carbonyl (C=O) groups is 2. The van der Waals surface area contributed by atoms with E-state index in [1.165, 1.54) is 0 Å². The summed E-state index contributed by atoms with van der Waals surface area (Å²) < 4.78 is 26.6. The molecular formula is C11H10F2N2O6. The molecule has 0 radical (unpaired) electrons. The molecule has 1 aromatic rings. The predicted molar refractivity (Wildman–Crippen MR) is 63.6 cm³/mol. The minimum atomic E-state index is -1.51. The number of carboxylic acids is 1. The molecule has 0 aliphatic heterocycles. The average molecular weight is 304 g/mol. The monoisotopic (exact) mass is 304 g/mol. The second-order valence-corrected chi connectivity index (χ2v) is 3.92. The van der Waals surface area contributed by atoms with Gasteiger partial charge in [-0.25, -0.2) is 9.18 Å². The Kier molecular flexibility index (Phi) is 5.24. The Morgan fingerprint density at radius 2 is 1.95 bits per heavy atom. The van der Waals surface area contributed by atoms with Gasteiger partial charge in [-0.15, -0.1) is 0 Å². The van der Waals surface area contributed by atoms with Crippen molar-refractivity contribution in [3.05, 3.63) is 39.4 Å². The fourth-order valence-corrected chi connectivity index (χ4v) is 1.47. The molecule has 0 unspecified atom stereocenters. The first-order chi connectivity index (χ1) is 9.77. The van der Waals surface area contributed by atoms with Crippen molar-refractivity contribution in [3.63, 3.8) is 0 Å². The van der Waals surface area contributed by atoms with E-state index in [0.29, 0.717) is 6.07 Å². The number of halogens is 2. The standard InChI is InChI=1S/C11H10F2N2O6/c12-6-4-7(13)9(15(20)21)3-5(6)10(17)14-8(1-2-16)11(18)19/h3-4,8,16H,1-2H2,(H,14,17)(H,18,19)/t8-/m1/s1. The second kappa shape index (κ2) is 6.70. The van der Waals surface area contributed by atoms with E-state index in [4.69, 9.17) is 10.2 Å². The first kappa shape index (κ1) is 16.4. The van der Waals surface area contributed by atoms with Crippen LogP contribution in [0, 0.1) is 21.7 Å². The third-order valence-electron chi connectivity index (χ3n) is 2.50. The number of nitrogens with zero attached hydrogens (tertiary/aromatic N) is 1. The lowest BCUT2D eigenvalue weighted by Gasteiger charge is -2.13. The molecule has 0 saturated heterocycles. The maximum absolute atomic E-state index is 13.5. The Hall–Kier alpha value is -2.62. The molecule has 1 rings (SSSR count). The number of carboxylic acid groups (broad SMARTS) is 1. The fourth-order valence-electron chi connectivity index (χ4n) is 1.47. The molecule has 3 N–H and O–H groups in total. The molecule has 0 aliphatic rings. The quantitative estimate of drug-likeness (QED) is 0.516. The minimum Gasteiger partial charge on any atom is -0.480 e. The minimum absolute atomic E-state index is 0.162. The number of carbonyl (C=O) groups excluding carboxylic acids is 1. The first-order valence-electron chi connectivity index (χ1n) is 5.56. The molecule has 0 bridgehead atoms. The van der Waals surface area contributed by atoms with Crippen molar-refractivity contribution in [1.29, 1.82) is 0 Å². The summed E-state index contributed by atoms with van der Waals surface area (Å²) in [6.07, 6.45) is -0.341. The lowest BCUT2D eigenvalue weighted by molar-refractivity contribution is -0.387. The molecular weight excluding hydrogens is 294 g/mol. The van der Waals surface area contributed by atoms with E-state index < -0.39 is 52.3 Å².